The van der Waals surface area contributed by atoms with Crippen molar-refractivity contribution in [2.45, 2.75) is 20.0 Å². The number of amides is 1. The fraction of sp³-hybridized carbons (Fsp3) is 0.375. The number of hydrogen-bond donors (Lipinski definition) is 1. The summed E-state index contributed by atoms with van der Waals surface area (Å²) in [7, 11) is 1.50. The highest BCUT2D eigenvalue weighted by Gasteiger charge is 2.19. The van der Waals surface area contributed by atoms with Gasteiger partial charge in [0.05, 0.1) is 25.7 Å². The van der Waals surface area contributed by atoms with Crippen molar-refractivity contribution in [2.24, 2.45) is 10.2 Å². The van der Waals surface area contributed by atoms with E-state index in [0.29, 0.717) is 32.5 Å². The van der Waals surface area contributed by atoms with Crippen molar-refractivity contribution < 1.29 is 23.8 Å². The van der Waals surface area contributed by atoms with Crippen molar-refractivity contribution in [1.82, 2.24) is 5.32 Å². The maximum Gasteiger partial charge on any atom is 0.347 e. The van der Waals surface area contributed by atoms with Gasteiger partial charge in [-0.2, -0.15) is 5.10 Å². The number of halogens is 1. The first-order chi connectivity index (χ1) is 12.4. The van der Waals surface area contributed by atoms with Gasteiger partial charge >= 0.3 is 5.97 Å². The van der Waals surface area contributed by atoms with E-state index in [1.165, 1.54) is 25.1 Å². The van der Waals surface area contributed by atoms with Gasteiger partial charge in [-0.3, -0.25) is 4.79 Å². The molecule has 0 spiro atoms. The number of ether oxygens (including phenoxy) is 3. The number of thioether (sulfide) groups is 1. The Hall–Kier alpha value is -2.07. The average Bonchev–Trinajstić information content (AvgIpc) is 3.02. The predicted octanol–water partition coefficient (Wildman–Crippen LogP) is 2.34. The molecular weight excluding hydrogens is 426 g/mol. The second-order valence-electron chi connectivity index (χ2n) is 5.02. The molecule has 1 fully saturated rings. The van der Waals surface area contributed by atoms with Gasteiger partial charge in [0.25, 0.3) is 0 Å². The SMILES string of the molecule is CCOC(=O)C(C)Oc1cc(Br)c(C=NN=C2NC(=O)CS2)cc1OC. The molecule has 1 aromatic rings. The number of nitrogens with zero attached hydrogens (tertiary/aromatic N) is 2. The first-order valence-corrected chi connectivity index (χ1v) is 9.47. The third-order valence-corrected chi connectivity index (χ3v) is 4.69. The van der Waals surface area contributed by atoms with Crippen molar-refractivity contribution in [3.8, 4) is 11.5 Å². The smallest absolute Gasteiger partial charge is 0.347 e. The predicted molar refractivity (Wildman–Crippen MR) is 103 cm³/mol. The van der Waals surface area contributed by atoms with E-state index in [2.05, 4.69) is 31.4 Å². The number of benzene rings is 1. The molecule has 1 unspecified atom stereocenters. The van der Waals surface area contributed by atoms with E-state index < -0.39 is 12.1 Å². The Balaban J connectivity index is 2.15. The van der Waals surface area contributed by atoms with Gasteiger partial charge in [-0.25, -0.2) is 4.79 Å². The highest BCUT2D eigenvalue weighted by Crippen LogP contribution is 2.33. The van der Waals surface area contributed by atoms with Crippen molar-refractivity contribution in [2.75, 3.05) is 19.5 Å². The maximum atomic E-state index is 11.7. The normalized spacial score (nSPS) is 16.6. The van der Waals surface area contributed by atoms with Gasteiger partial charge in [-0.1, -0.05) is 11.8 Å². The number of amidine groups is 1. The first kappa shape index (κ1) is 20.2. The second-order valence-corrected chi connectivity index (χ2v) is 6.84. The molecular formula is C16H18BrN3O5S. The van der Waals surface area contributed by atoms with Gasteiger partial charge < -0.3 is 19.5 Å². The Bertz CT molecular complexity index is 754. The minimum Gasteiger partial charge on any atom is -0.493 e. The molecule has 1 aromatic carbocycles. The summed E-state index contributed by atoms with van der Waals surface area (Å²) in [6.45, 7) is 3.61. The Labute approximate surface area is 163 Å². The molecule has 1 atom stereocenters. The first-order valence-electron chi connectivity index (χ1n) is 7.69. The van der Waals surface area contributed by atoms with Crippen LogP contribution < -0.4 is 14.8 Å². The molecule has 1 saturated heterocycles. The summed E-state index contributed by atoms with van der Waals surface area (Å²) in [6.07, 6.45) is 0.744. The summed E-state index contributed by atoms with van der Waals surface area (Å²) >= 11 is 4.71. The molecule has 0 aromatic heterocycles. The van der Waals surface area contributed by atoms with E-state index in [1.54, 1.807) is 26.0 Å². The van der Waals surface area contributed by atoms with Crippen LogP contribution in [0.25, 0.3) is 0 Å². The van der Waals surface area contributed by atoms with E-state index >= 15 is 0 Å². The van der Waals surface area contributed by atoms with Gasteiger partial charge in [-0.15, -0.1) is 5.10 Å². The third kappa shape index (κ3) is 5.46. The Morgan fingerprint density at radius 2 is 2.23 bits per heavy atom. The van der Waals surface area contributed by atoms with Crippen LogP contribution in [-0.4, -0.2) is 48.8 Å². The number of carbonyl (C=O) groups is 2. The molecule has 26 heavy (non-hydrogen) atoms. The zero-order valence-electron chi connectivity index (χ0n) is 14.4. The molecule has 0 aliphatic carbocycles. The number of methoxy groups -OCH3 is 1. The van der Waals surface area contributed by atoms with Gasteiger partial charge in [-0.05, 0) is 41.9 Å². The second kappa shape index (κ2) is 9.58. The van der Waals surface area contributed by atoms with Crippen LogP contribution in [0.1, 0.15) is 19.4 Å². The van der Waals surface area contributed by atoms with Crippen LogP contribution in [0.15, 0.2) is 26.8 Å². The summed E-state index contributed by atoms with van der Waals surface area (Å²) in [5, 5.41) is 11.0. The maximum absolute atomic E-state index is 11.7. The molecule has 140 valence electrons. The summed E-state index contributed by atoms with van der Waals surface area (Å²) in [5.41, 5.74) is 0.691. The average molecular weight is 444 g/mol. The van der Waals surface area contributed by atoms with Crippen molar-refractivity contribution >= 4 is 51.0 Å². The molecule has 0 radical (unpaired) electrons. The van der Waals surface area contributed by atoms with Crippen molar-refractivity contribution in [3.63, 3.8) is 0 Å². The quantitative estimate of drug-likeness (QED) is 0.394. The molecule has 10 heteroatoms. The monoisotopic (exact) mass is 443 g/mol. The van der Waals surface area contributed by atoms with Crippen LogP contribution in [-0.2, 0) is 14.3 Å². The van der Waals surface area contributed by atoms with Gasteiger partial charge in [0.15, 0.2) is 22.8 Å². The van der Waals surface area contributed by atoms with E-state index in [-0.39, 0.29) is 12.5 Å². The summed E-state index contributed by atoms with van der Waals surface area (Å²) in [5.74, 6) is 0.618. The van der Waals surface area contributed by atoms with Gasteiger partial charge in [0.2, 0.25) is 5.91 Å². The van der Waals surface area contributed by atoms with E-state index in [9.17, 15) is 9.59 Å². The molecule has 0 saturated carbocycles. The number of carbonyl (C=O) groups excluding carboxylic acids is 2. The Morgan fingerprint density at radius 3 is 2.85 bits per heavy atom. The fourth-order valence-electron chi connectivity index (χ4n) is 1.92. The van der Waals surface area contributed by atoms with Crippen LogP contribution in [0.4, 0.5) is 0 Å². The fourth-order valence-corrected chi connectivity index (χ4v) is 2.98. The zero-order chi connectivity index (χ0) is 19.1. The van der Waals surface area contributed by atoms with Gasteiger partial charge in [0.1, 0.15) is 0 Å². The Morgan fingerprint density at radius 1 is 1.46 bits per heavy atom. The summed E-state index contributed by atoms with van der Waals surface area (Å²) in [4.78, 5) is 22.8. The lowest BCUT2D eigenvalue weighted by molar-refractivity contribution is -0.150. The largest absolute Gasteiger partial charge is 0.493 e. The lowest BCUT2D eigenvalue weighted by Gasteiger charge is -2.16. The summed E-state index contributed by atoms with van der Waals surface area (Å²) in [6, 6.07) is 3.37. The molecule has 1 aliphatic rings. The highest BCUT2D eigenvalue weighted by molar-refractivity contribution is 9.10. The molecule has 1 N–H and O–H groups in total. The van der Waals surface area contributed by atoms with Crippen LogP contribution in [0, 0.1) is 0 Å². The van der Waals surface area contributed by atoms with Crippen LogP contribution in [0.3, 0.4) is 0 Å². The number of esters is 1. The number of hydrogen-bond acceptors (Lipinski definition) is 8. The lowest BCUT2D eigenvalue weighted by Crippen LogP contribution is -2.26. The number of nitrogens with one attached hydrogen (secondary N) is 1. The topological polar surface area (TPSA) is 98.6 Å². The van der Waals surface area contributed by atoms with Crippen molar-refractivity contribution in [3.05, 3.63) is 22.2 Å². The molecule has 1 amide bonds. The molecule has 8 nitrogen and oxygen atoms in total. The van der Waals surface area contributed by atoms with E-state index in [4.69, 9.17) is 14.2 Å². The van der Waals surface area contributed by atoms with E-state index in [0.717, 1.165) is 0 Å². The minimum atomic E-state index is -0.773. The number of rotatable bonds is 7. The van der Waals surface area contributed by atoms with Crippen LogP contribution >= 0.6 is 27.7 Å². The van der Waals surface area contributed by atoms with Crippen molar-refractivity contribution in [1.29, 1.82) is 0 Å². The van der Waals surface area contributed by atoms with Crippen LogP contribution in [0.2, 0.25) is 0 Å². The highest BCUT2D eigenvalue weighted by atomic mass is 79.9. The summed E-state index contributed by atoms with van der Waals surface area (Å²) < 4.78 is 16.6. The standard InChI is InChI=1S/C16H18BrN3O5S/c1-4-24-15(22)9(2)25-13-6-11(17)10(5-12(13)23-3)7-18-20-16-19-14(21)8-26-16/h5-7,9H,4,8H2,1-3H3,(H,19,20,21). The van der Waals surface area contributed by atoms with Crippen LogP contribution in [0.5, 0.6) is 11.5 Å². The minimum absolute atomic E-state index is 0.0935. The molecule has 1 heterocycles. The van der Waals surface area contributed by atoms with Gasteiger partial charge in [0, 0.05) is 10.0 Å². The zero-order valence-corrected chi connectivity index (χ0v) is 16.8. The van der Waals surface area contributed by atoms with E-state index in [1.807, 2.05) is 0 Å². The molecule has 0 bridgehead atoms. The Kier molecular flexibility index (Phi) is 7.46. The molecule has 1 aliphatic heterocycles. The lowest BCUT2D eigenvalue weighted by atomic mass is 10.2. The molecule has 2 rings (SSSR count). The third-order valence-electron chi connectivity index (χ3n) is 3.14.